The lowest BCUT2D eigenvalue weighted by molar-refractivity contribution is 0.0984. The second-order valence-electron chi connectivity index (χ2n) is 8.26. The minimum absolute atomic E-state index is 0.0995. The van der Waals surface area contributed by atoms with Crippen molar-refractivity contribution >= 4 is 34.8 Å². The summed E-state index contributed by atoms with van der Waals surface area (Å²) >= 11 is 6.22. The van der Waals surface area contributed by atoms with Crippen LogP contribution in [0.1, 0.15) is 56.4 Å². The summed E-state index contributed by atoms with van der Waals surface area (Å²) in [6.45, 7) is 4.34. The average molecular weight is 462 g/mol. The number of hydrogen-bond donors (Lipinski definition) is 1. The van der Waals surface area contributed by atoms with E-state index < -0.39 is 0 Å². The summed E-state index contributed by atoms with van der Waals surface area (Å²) in [4.78, 5) is 28.0. The van der Waals surface area contributed by atoms with Crippen LogP contribution in [0, 0.1) is 21.0 Å². The number of hydrogen-bond acceptors (Lipinski definition) is 3. The molecule has 0 aliphatic carbocycles. The molecule has 1 aliphatic rings. The number of fused-ring (bicyclic) bond motifs is 1. The first-order valence-electron chi connectivity index (χ1n) is 10.9. The van der Waals surface area contributed by atoms with Crippen LogP contribution in [0.15, 0.2) is 60.7 Å². The Kier molecular flexibility index (Phi) is 6.82. The van der Waals surface area contributed by atoms with Crippen LogP contribution in [-0.2, 0) is 4.74 Å². The molecule has 3 aromatic rings. The number of carbonyl (C=O) groups excluding carboxylic acids is 2. The third kappa shape index (κ3) is 4.80. The van der Waals surface area contributed by atoms with Crippen LogP contribution in [-0.4, -0.2) is 18.4 Å². The van der Waals surface area contributed by atoms with Gasteiger partial charge in [0, 0.05) is 39.6 Å². The average Bonchev–Trinajstić information content (AvgIpc) is 2.98. The number of halogens is 1. The smallest absolute Gasteiger partial charge is 0.258 e. The molecule has 6 heteroatoms. The number of ether oxygens (including phenoxy) is 1. The Bertz CT molecular complexity index is 1210. The molecule has 1 unspecified atom stereocenters. The molecule has 1 N–H and O–H groups in total. The Morgan fingerprint density at radius 1 is 1.03 bits per heavy atom. The maximum Gasteiger partial charge on any atom is 0.258 e. The Labute approximate surface area is 199 Å². The van der Waals surface area contributed by atoms with Crippen molar-refractivity contribution in [3.8, 4) is 0 Å². The molecule has 1 radical (unpaired) electrons. The molecule has 3 aromatic carbocycles. The third-order valence-corrected chi connectivity index (χ3v) is 6.26. The number of rotatable bonds is 4. The third-order valence-electron chi connectivity index (χ3n) is 6.03. The lowest BCUT2D eigenvalue weighted by atomic mass is 10.0. The molecule has 0 spiro atoms. The maximum absolute atomic E-state index is 13.6. The van der Waals surface area contributed by atoms with Gasteiger partial charge in [-0.1, -0.05) is 29.8 Å². The lowest BCUT2D eigenvalue weighted by Crippen LogP contribution is -2.32. The largest absolute Gasteiger partial charge is 0.371 e. The minimum atomic E-state index is -0.211. The van der Waals surface area contributed by atoms with Crippen LogP contribution in [0.3, 0.4) is 0 Å². The zero-order valence-electron chi connectivity index (χ0n) is 18.7. The normalized spacial score (nSPS) is 15.5. The Morgan fingerprint density at radius 2 is 1.82 bits per heavy atom. The van der Waals surface area contributed by atoms with Crippen LogP contribution in [0.4, 0.5) is 11.4 Å². The predicted octanol–water partition coefficient (Wildman–Crippen LogP) is 6.50. The Morgan fingerprint density at radius 3 is 2.55 bits per heavy atom. The molecule has 0 fully saturated rings. The number of anilines is 2. The molecule has 0 saturated heterocycles. The fourth-order valence-corrected chi connectivity index (χ4v) is 4.46. The Balaban J connectivity index is 1.60. The minimum Gasteiger partial charge on any atom is -0.371 e. The van der Waals surface area contributed by atoms with Gasteiger partial charge in [-0.2, -0.15) is 0 Å². The standard InChI is InChI=1S/C27H26ClN2O3/c1-17-7-4-5-8-21(17)26(31)29-20-11-12-22(18(2)15-20)27(32)30-14-6-9-25(33-3)23-16-19(28)10-13-24(23)30/h4-5,7-8,10-13,15-16,25H,3,6,9,14H2,1-2H3,(H,29,31). The molecule has 5 nitrogen and oxygen atoms in total. The number of aryl methyl sites for hydroxylation is 2. The van der Waals surface area contributed by atoms with E-state index in [2.05, 4.69) is 12.4 Å². The van der Waals surface area contributed by atoms with E-state index in [0.717, 1.165) is 35.2 Å². The first kappa shape index (κ1) is 23.0. The highest BCUT2D eigenvalue weighted by atomic mass is 35.5. The molecule has 4 rings (SSSR count). The SMILES string of the molecule is [CH2]OC1CCCN(C(=O)c2ccc(NC(=O)c3ccccc3C)cc2C)c2ccc(Cl)cc21. The highest BCUT2D eigenvalue weighted by Crippen LogP contribution is 2.37. The van der Waals surface area contributed by atoms with Gasteiger partial charge in [0.15, 0.2) is 0 Å². The first-order valence-corrected chi connectivity index (χ1v) is 11.3. The van der Waals surface area contributed by atoms with Gasteiger partial charge in [-0.3, -0.25) is 9.59 Å². The van der Waals surface area contributed by atoms with Crippen LogP contribution < -0.4 is 10.2 Å². The van der Waals surface area contributed by atoms with Crippen molar-refractivity contribution < 1.29 is 14.3 Å². The van der Waals surface area contributed by atoms with Gasteiger partial charge < -0.3 is 15.0 Å². The van der Waals surface area contributed by atoms with Crippen molar-refractivity contribution in [2.45, 2.75) is 32.8 Å². The second kappa shape index (κ2) is 9.77. The van der Waals surface area contributed by atoms with Crippen LogP contribution >= 0.6 is 11.6 Å². The van der Waals surface area contributed by atoms with E-state index in [1.54, 1.807) is 29.2 Å². The molecule has 1 aliphatic heterocycles. The summed E-state index contributed by atoms with van der Waals surface area (Å²) in [5, 5.41) is 3.52. The van der Waals surface area contributed by atoms with E-state index in [9.17, 15) is 9.59 Å². The predicted molar refractivity (Wildman–Crippen MR) is 132 cm³/mol. The zero-order valence-corrected chi connectivity index (χ0v) is 19.5. The van der Waals surface area contributed by atoms with E-state index in [1.165, 1.54) is 0 Å². The highest BCUT2D eigenvalue weighted by molar-refractivity contribution is 6.30. The molecule has 1 atom stereocenters. The number of benzene rings is 3. The van der Waals surface area contributed by atoms with Crippen LogP contribution in [0.25, 0.3) is 0 Å². The van der Waals surface area contributed by atoms with Crippen LogP contribution in [0.5, 0.6) is 0 Å². The zero-order chi connectivity index (χ0) is 23.5. The topological polar surface area (TPSA) is 58.6 Å². The van der Waals surface area contributed by atoms with Gasteiger partial charge in [0.05, 0.1) is 13.2 Å². The molecule has 33 heavy (non-hydrogen) atoms. The number of nitrogens with zero attached hydrogens (tertiary/aromatic N) is 1. The molecule has 169 valence electrons. The van der Waals surface area contributed by atoms with Gasteiger partial charge >= 0.3 is 0 Å². The molecule has 0 saturated carbocycles. The molecule has 0 bridgehead atoms. The van der Waals surface area contributed by atoms with Crippen molar-refractivity contribution in [2.75, 3.05) is 16.8 Å². The monoisotopic (exact) mass is 461 g/mol. The van der Waals surface area contributed by atoms with Gasteiger partial charge in [0.2, 0.25) is 0 Å². The van der Waals surface area contributed by atoms with Crippen molar-refractivity contribution in [1.29, 1.82) is 0 Å². The van der Waals surface area contributed by atoms with Crippen molar-refractivity contribution in [3.05, 3.63) is 101 Å². The fraction of sp³-hybridized carbons (Fsp3) is 0.222. The van der Waals surface area contributed by atoms with Crippen molar-refractivity contribution in [3.63, 3.8) is 0 Å². The van der Waals surface area contributed by atoms with Gasteiger partial charge in [0.1, 0.15) is 0 Å². The molecule has 2 amide bonds. The quantitative estimate of drug-likeness (QED) is 0.482. The molecule has 1 heterocycles. The van der Waals surface area contributed by atoms with Gasteiger partial charge in [0.25, 0.3) is 11.8 Å². The van der Waals surface area contributed by atoms with Crippen LogP contribution in [0.2, 0.25) is 5.02 Å². The molecule has 0 aromatic heterocycles. The molecular formula is C27H26ClN2O3. The van der Waals surface area contributed by atoms with E-state index in [1.807, 2.05) is 50.2 Å². The summed E-state index contributed by atoms with van der Waals surface area (Å²) in [6.07, 6.45) is 1.32. The van der Waals surface area contributed by atoms with Crippen molar-refractivity contribution in [1.82, 2.24) is 0 Å². The number of nitrogens with one attached hydrogen (secondary N) is 1. The molecular weight excluding hydrogens is 436 g/mol. The van der Waals surface area contributed by atoms with E-state index in [4.69, 9.17) is 16.3 Å². The number of amides is 2. The van der Waals surface area contributed by atoms with E-state index >= 15 is 0 Å². The number of carbonyl (C=O) groups is 2. The Hall–Kier alpha value is -3.15. The van der Waals surface area contributed by atoms with E-state index in [0.29, 0.717) is 28.4 Å². The summed E-state index contributed by atoms with van der Waals surface area (Å²) in [5.41, 5.74) is 5.19. The fourth-order valence-electron chi connectivity index (χ4n) is 4.28. The van der Waals surface area contributed by atoms with Crippen molar-refractivity contribution in [2.24, 2.45) is 0 Å². The summed E-state index contributed by atoms with van der Waals surface area (Å²) in [7, 11) is 3.60. The summed E-state index contributed by atoms with van der Waals surface area (Å²) in [6, 6.07) is 18.3. The maximum atomic E-state index is 13.6. The summed E-state index contributed by atoms with van der Waals surface area (Å²) < 4.78 is 5.42. The van der Waals surface area contributed by atoms with E-state index in [-0.39, 0.29) is 17.9 Å². The summed E-state index contributed by atoms with van der Waals surface area (Å²) in [5.74, 6) is -0.276. The first-order chi connectivity index (χ1) is 15.9. The lowest BCUT2D eigenvalue weighted by Gasteiger charge is -2.25. The van der Waals surface area contributed by atoms with Gasteiger partial charge in [-0.15, -0.1) is 0 Å². The van der Waals surface area contributed by atoms with Gasteiger partial charge in [-0.25, -0.2) is 0 Å². The van der Waals surface area contributed by atoms with Gasteiger partial charge in [-0.05, 0) is 80.3 Å². The highest BCUT2D eigenvalue weighted by Gasteiger charge is 2.28. The second-order valence-corrected chi connectivity index (χ2v) is 8.69.